The van der Waals surface area contributed by atoms with Gasteiger partial charge in [0.25, 0.3) is 0 Å². The first-order valence-corrected chi connectivity index (χ1v) is 11.8. The van der Waals surface area contributed by atoms with E-state index in [1.807, 2.05) is 50.2 Å². The standard InChI is InChI=1S/C23H32N2O4S/c1-17(2)29-21-9-7-8-18(14-21)15-24-22(26)16-25(30(6,27)28)20-12-10-19(11-13-20)23(3,4)5/h7-14,17H,15-16H2,1-6H3,(H,24,26). The van der Waals surface area contributed by atoms with Crippen LogP contribution in [0.25, 0.3) is 0 Å². The lowest BCUT2D eigenvalue weighted by Gasteiger charge is -2.24. The van der Waals surface area contributed by atoms with E-state index in [4.69, 9.17) is 4.74 Å². The van der Waals surface area contributed by atoms with Crippen LogP contribution < -0.4 is 14.4 Å². The van der Waals surface area contributed by atoms with Crippen molar-refractivity contribution in [2.24, 2.45) is 0 Å². The second-order valence-electron chi connectivity index (χ2n) is 8.66. The largest absolute Gasteiger partial charge is 0.491 e. The highest BCUT2D eigenvalue weighted by Crippen LogP contribution is 2.25. The van der Waals surface area contributed by atoms with E-state index in [1.165, 1.54) is 0 Å². The summed E-state index contributed by atoms with van der Waals surface area (Å²) in [5.74, 6) is 0.351. The highest BCUT2D eigenvalue weighted by atomic mass is 32.2. The van der Waals surface area contributed by atoms with Crippen LogP contribution in [0, 0.1) is 0 Å². The molecule has 0 saturated heterocycles. The Bertz CT molecular complexity index is 961. The van der Waals surface area contributed by atoms with Gasteiger partial charge in [-0.2, -0.15) is 0 Å². The molecule has 1 N–H and O–H groups in total. The Morgan fingerprint density at radius 3 is 2.27 bits per heavy atom. The summed E-state index contributed by atoms with van der Waals surface area (Å²) in [6, 6.07) is 14.7. The van der Waals surface area contributed by atoms with E-state index >= 15 is 0 Å². The Hall–Kier alpha value is -2.54. The molecular weight excluding hydrogens is 400 g/mol. The van der Waals surface area contributed by atoms with Crippen molar-refractivity contribution >= 4 is 21.6 Å². The van der Waals surface area contributed by atoms with E-state index < -0.39 is 10.0 Å². The number of hydrogen-bond acceptors (Lipinski definition) is 4. The van der Waals surface area contributed by atoms with Crippen LogP contribution in [0.4, 0.5) is 5.69 Å². The number of hydrogen-bond donors (Lipinski definition) is 1. The number of amides is 1. The van der Waals surface area contributed by atoms with E-state index in [-0.39, 0.29) is 30.5 Å². The van der Waals surface area contributed by atoms with E-state index in [1.54, 1.807) is 12.1 Å². The van der Waals surface area contributed by atoms with Crippen LogP contribution in [-0.2, 0) is 26.8 Å². The molecule has 2 aromatic carbocycles. The molecule has 0 radical (unpaired) electrons. The summed E-state index contributed by atoms with van der Waals surface area (Å²) in [7, 11) is -3.61. The number of sulfonamides is 1. The Labute approximate surface area is 180 Å². The molecule has 30 heavy (non-hydrogen) atoms. The molecule has 0 aliphatic rings. The molecule has 0 saturated carbocycles. The third-order valence-electron chi connectivity index (χ3n) is 4.47. The SMILES string of the molecule is CC(C)Oc1cccc(CNC(=O)CN(c2ccc(C(C)(C)C)cc2)S(C)(=O)=O)c1. The molecule has 0 bridgehead atoms. The van der Waals surface area contributed by atoms with Crippen molar-refractivity contribution in [1.29, 1.82) is 0 Å². The van der Waals surface area contributed by atoms with Crippen LogP contribution in [0.3, 0.4) is 0 Å². The van der Waals surface area contributed by atoms with E-state index in [2.05, 4.69) is 26.1 Å². The summed E-state index contributed by atoms with van der Waals surface area (Å²) in [4.78, 5) is 12.5. The molecule has 1 amide bonds. The zero-order valence-electron chi connectivity index (χ0n) is 18.6. The molecular formula is C23H32N2O4S. The van der Waals surface area contributed by atoms with Crippen LogP contribution in [-0.4, -0.2) is 33.2 Å². The first kappa shape index (κ1) is 23.7. The van der Waals surface area contributed by atoms with Crippen molar-refractivity contribution in [1.82, 2.24) is 5.32 Å². The van der Waals surface area contributed by atoms with Crippen LogP contribution in [0.2, 0.25) is 0 Å². The number of ether oxygens (including phenoxy) is 1. The second-order valence-corrected chi connectivity index (χ2v) is 10.6. The molecule has 0 unspecified atom stereocenters. The molecule has 2 rings (SSSR count). The Balaban J connectivity index is 2.08. The quantitative estimate of drug-likeness (QED) is 0.687. The minimum absolute atomic E-state index is 0.0420. The molecule has 2 aromatic rings. The Morgan fingerprint density at radius 2 is 1.73 bits per heavy atom. The van der Waals surface area contributed by atoms with Crippen molar-refractivity contribution in [2.75, 3.05) is 17.1 Å². The number of carbonyl (C=O) groups excluding carboxylic acids is 1. The van der Waals surface area contributed by atoms with Crippen molar-refractivity contribution in [3.63, 3.8) is 0 Å². The van der Waals surface area contributed by atoms with Crippen LogP contribution in [0.1, 0.15) is 45.7 Å². The van der Waals surface area contributed by atoms with Crippen LogP contribution in [0.5, 0.6) is 5.75 Å². The van der Waals surface area contributed by atoms with E-state index in [9.17, 15) is 13.2 Å². The maximum Gasteiger partial charge on any atom is 0.241 e. The summed E-state index contributed by atoms with van der Waals surface area (Å²) in [6.45, 7) is 10.2. The van der Waals surface area contributed by atoms with Gasteiger partial charge in [-0.05, 0) is 54.7 Å². The molecule has 0 spiro atoms. The molecule has 0 atom stereocenters. The molecule has 164 valence electrons. The number of rotatable bonds is 8. The normalized spacial score (nSPS) is 12.0. The highest BCUT2D eigenvalue weighted by Gasteiger charge is 2.22. The van der Waals surface area contributed by atoms with Crippen LogP contribution >= 0.6 is 0 Å². The fourth-order valence-corrected chi connectivity index (χ4v) is 3.77. The fraction of sp³-hybridized carbons (Fsp3) is 0.435. The number of nitrogens with one attached hydrogen (secondary N) is 1. The first-order chi connectivity index (χ1) is 13.9. The van der Waals surface area contributed by atoms with Crippen molar-refractivity contribution in [3.05, 3.63) is 59.7 Å². The number of anilines is 1. The molecule has 0 aliphatic heterocycles. The average molecular weight is 433 g/mol. The predicted molar refractivity (Wildman–Crippen MR) is 121 cm³/mol. The van der Waals surface area contributed by atoms with Gasteiger partial charge in [-0.1, -0.05) is 45.0 Å². The fourth-order valence-electron chi connectivity index (χ4n) is 2.92. The second kappa shape index (κ2) is 9.51. The monoisotopic (exact) mass is 432 g/mol. The van der Waals surface area contributed by atoms with Gasteiger partial charge < -0.3 is 10.1 Å². The molecule has 6 nitrogen and oxygen atoms in total. The van der Waals surface area contributed by atoms with Gasteiger partial charge in [0, 0.05) is 6.54 Å². The zero-order valence-corrected chi connectivity index (χ0v) is 19.4. The minimum atomic E-state index is -3.61. The third-order valence-corrected chi connectivity index (χ3v) is 5.61. The van der Waals surface area contributed by atoms with Gasteiger partial charge >= 0.3 is 0 Å². The first-order valence-electron chi connectivity index (χ1n) is 9.97. The van der Waals surface area contributed by atoms with Gasteiger partial charge in [-0.25, -0.2) is 8.42 Å². The summed E-state index contributed by atoms with van der Waals surface area (Å²) in [5, 5.41) is 2.79. The summed E-state index contributed by atoms with van der Waals surface area (Å²) >= 11 is 0. The molecule has 7 heteroatoms. The molecule has 0 fully saturated rings. The van der Waals surface area contributed by atoms with Gasteiger partial charge in [0.1, 0.15) is 12.3 Å². The topological polar surface area (TPSA) is 75.7 Å². The van der Waals surface area contributed by atoms with Gasteiger partial charge in [0.05, 0.1) is 18.0 Å². The van der Waals surface area contributed by atoms with E-state index in [0.717, 1.165) is 27.4 Å². The van der Waals surface area contributed by atoms with Crippen LogP contribution in [0.15, 0.2) is 48.5 Å². The minimum Gasteiger partial charge on any atom is -0.491 e. The highest BCUT2D eigenvalue weighted by molar-refractivity contribution is 7.92. The van der Waals surface area contributed by atoms with Gasteiger partial charge in [-0.15, -0.1) is 0 Å². The van der Waals surface area contributed by atoms with Gasteiger partial charge in [0.2, 0.25) is 15.9 Å². The maximum absolute atomic E-state index is 12.5. The lowest BCUT2D eigenvalue weighted by Crippen LogP contribution is -2.40. The van der Waals surface area contributed by atoms with Gasteiger partial charge in [0.15, 0.2) is 0 Å². The number of carbonyl (C=O) groups is 1. The third kappa shape index (κ3) is 7.06. The van der Waals surface area contributed by atoms with Crippen molar-refractivity contribution in [3.8, 4) is 5.75 Å². The average Bonchev–Trinajstić information content (AvgIpc) is 2.63. The predicted octanol–water partition coefficient (Wildman–Crippen LogP) is 3.85. The molecule has 0 aliphatic carbocycles. The van der Waals surface area contributed by atoms with E-state index in [0.29, 0.717) is 5.69 Å². The Kier molecular flexibility index (Phi) is 7.53. The zero-order chi connectivity index (χ0) is 22.5. The molecule has 0 aromatic heterocycles. The summed E-state index contributed by atoms with van der Waals surface area (Å²) in [5.41, 5.74) is 2.39. The number of benzene rings is 2. The summed E-state index contributed by atoms with van der Waals surface area (Å²) < 4.78 is 31.4. The lowest BCUT2D eigenvalue weighted by atomic mass is 9.87. The van der Waals surface area contributed by atoms with Gasteiger partial charge in [-0.3, -0.25) is 9.10 Å². The number of nitrogens with zero attached hydrogens (tertiary/aromatic N) is 1. The lowest BCUT2D eigenvalue weighted by molar-refractivity contribution is -0.119. The maximum atomic E-state index is 12.5. The smallest absolute Gasteiger partial charge is 0.241 e. The molecule has 0 heterocycles. The Morgan fingerprint density at radius 1 is 1.10 bits per heavy atom. The summed E-state index contributed by atoms with van der Waals surface area (Å²) in [6.07, 6.45) is 1.16. The van der Waals surface area contributed by atoms with Crippen molar-refractivity contribution in [2.45, 2.75) is 52.7 Å². The van der Waals surface area contributed by atoms with Crippen molar-refractivity contribution < 1.29 is 17.9 Å².